The van der Waals surface area contributed by atoms with Crippen molar-refractivity contribution >= 4 is 27.7 Å². The van der Waals surface area contributed by atoms with Crippen LogP contribution < -0.4 is 9.47 Å². The summed E-state index contributed by atoms with van der Waals surface area (Å²) in [6, 6.07) is 5.10. The Morgan fingerprint density at radius 1 is 1.07 bits per heavy atom. The maximum Gasteiger partial charge on any atom is 0.312 e. The Bertz CT molecular complexity index is 790. The van der Waals surface area contributed by atoms with Crippen LogP contribution in [0.5, 0.6) is 11.5 Å². The average Bonchev–Trinajstić information content (AvgIpc) is 2.63. The van der Waals surface area contributed by atoms with E-state index in [-0.39, 0.29) is 22.7 Å². The molecule has 27 heavy (non-hydrogen) atoms. The zero-order chi connectivity index (χ0) is 18.6. The van der Waals surface area contributed by atoms with E-state index in [1.165, 1.54) is 6.42 Å². The lowest BCUT2D eigenvalue weighted by Gasteiger charge is -2.58. The van der Waals surface area contributed by atoms with Crippen molar-refractivity contribution in [1.82, 2.24) is 0 Å². The molecule has 0 aromatic heterocycles. The number of esters is 1. The minimum Gasteiger partial charge on any atom is -0.486 e. The van der Waals surface area contributed by atoms with Crippen molar-refractivity contribution in [3.63, 3.8) is 0 Å². The van der Waals surface area contributed by atoms with Crippen LogP contribution in [0.2, 0.25) is 0 Å². The van der Waals surface area contributed by atoms with E-state index in [1.54, 1.807) is 18.2 Å². The third-order valence-electron chi connectivity index (χ3n) is 6.62. The molecule has 4 bridgehead atoms. The molecular weight excluding hydrogens is 412 g/mol. The van der Waals surface area contributed by atoms with Gasteiger partial charge in [0.05, 0.1) is 5.41 Å². The van der Waals surface area contributed by atoms with Gasteiger partial charge >= 0.3 is 5.97 Å². The van der Waals surface area contributed by atoms with Gasteiger partial charge < -0.3 is 14.2 Å². The predicted molar refractivity (Wildman–Crippen MR) is 101 cm³/mol. The summed E-state index contributed by atoms with van der Waals surface area (Å²) < 4.78 is 16.6. The predicted octanol–water partition coefficient (Wildman–Crippen LogP) is 3.92. The summed E-state index contributed by atoms with van der Waals surface area (Å²) >= 11 is 3.91. The van der Waals surface area contributed by atoms with Crippen LogP contribution in [0, 0.1) is 17.3 Å². The lowest BCUT2D eigenvalue weighted by molar-refractivity contribution is -0.168. The first-order valence-corrected chi connectivity index (χ1v) is 10.5. The van der Waals surface area contributed by atoms with E-state index in [0.29, 0.717) is 42.1 Å². The monoisotopic (exact) mass is 434 g/mol. The van der Waals surface area contributed by atoms with E-state index in [0.717, 1.165) is 32.1 Å². The maximum atomic E-state index is 13.0. The Balaban J connectivity index is 1.26. The molecule has 144 valence electrons. The Morgan fingerprint density at radius 3 is 2.48 bits per heavy atom. The van der Waals surface area contributed by atoms with Crippen LogP contribution >= 0.6 is 15.9 Å². The van der Waals surface area contributed by atoms with Gasteiger partial charge in [-0.3, -0.25) is 9.59 Å². The number of benzene rings is 1. The highest BCUT2D eigenvalue weighted by molar-refractivity contribution is 9.10. The number of hydrogen-bond donors (Lipinski definition) is 0. The molecular formula is C21H23BrO5. The van der Waals surface area contributed by atoms with E-state index in [2.05, 4.69) is 15.9 Å². The molecule has 1 aromatic rings. The minimum absolute atomic E-state index is 0.0932. The standard InChI is InChI=1S/C21H23BrO5/c22-21-9-13-5-14(10-21)8-20(7-13,12-21)19(24)27-11-16(23)15-1-2-17-18(6-15)26-4-3-25-17/h1-2,6,13-14H,3-5,7-12H2. The quantitative estimate of drug-likeness (QED) is 0.408. The van der Waals surface area contributed by atoms with Crippen molar-refractivity contribution in [2.24, 2.45) is 17.3 Å². The summed E-state index contributed by atoms with van der Waals surface area (Å²) in [6.07, 6.45) is 6.22. The largest absolute Gasteiger partial charge is 0.486 e. The van der Waals surface area contributed by atoms with Crippen molar-refractivity contribution in [1.29, 1.82) is 0 Å². The number of halogens is 1. The molecule has 4 aliphatic carbocycles. The Kier molecular flexibility index (Phi) is 4.04. The van der Waals surface area contributed by atoms with E-state index in [9.17, 15) is 9.59 Å². The Morgan fingerprint density at radius 2 is 1.78 bits per heavy atom. The van der Waals surface area contributed by atoms with Gasteiger partial charge in [0.25, 0.3) is 0 Å². The SMILES string of the molecule is O=C(COC(=O)C12CC3CC(CC(Br)(C3)C1)C2)c1ccc2c(c1)OCCO2. The highest BCUT2D eigenvalue weighted by atomic mass is 79.9. The second kappa shape index (κ2) is 6.23. The van der Waals surface area contributed by atoms with Gasteiger partial charge in [-0.25, -0.2) is 0 Å². The molecule has 0 radical (unpaired) electrons. The lowest BCUT2D eigenvalue weighted by atomic mass is 9.49. The summed E-state index contributed by atoms with van der Waals surface area (Å²) in [7, 11) is 0. The van der Waals surface area contributed by atoms with Gasteiger partial charge in [0, 0.05) is 9.89 Å². The van der Waals surface area contributed by atoms with Crippen LogP contribution in [-0.4, -0.2) is 35.9 Å². The second-order valence-corrected chi connectivity index (χ2v) is 10.4. The van der Waals surface area contributed by atoms with Crippen molar-refractivity contribution in [3.05, 3.63) is 23.8 Å². The van der Waals surface area contributed by atoms with Crippen molar-refractivity contribution in [2.45, 2.75) is 42.8 Å². The highest BCUT2D eigenvalue weighted by Gasteiger charge is 2.60. The van der Waals surface area contributed by atoms with Crippen molar-refractivity contribution in [2.75, 3.05) is 19.8 Å². The first-order chi connectivity index (χ1) is 12.9. The molecule has 1 aromatic carbocycles. The van der Waals surface area contributed by atoms with Gasteiger partial charge in [-0.15, -0.1) is 0 Å². The molecule has 6 heteroatoms. The number of ketones is 1. The number of fused-ring (bicyclic) bond motifs is 1. The molecule has 2 atom stereocenters. The van der Waals surface area contributed by atoms with Gasteiger partial charge in [-0.1, -0.05) is 15.9 Å². The smallest absolute Gasteiger partial charge is 0.312 e. The maximum absolute atomic E-state index is 13.0. The number of alkyl halides is 1. The Labute approximate surface area is 166 Å². The number of rotatable bonds is 4. The van der Waals surface area contributed by atoms with Crippen LogP contribution in [0.1, 0.15) is 48.9 Å². The molecule has 4 fully saturated rings. The molecule has 1 aliphatic heterocycles. The number of hydrogen-bond acceptors (Lipinski definition) is 5. The molecule has 1 heterocycles. The van der Waals surface area contributed by atoms with Gasteiger partial charge in [0.1, 0.15) is 13.2 Å². The second-order valence-electron chi connectivity index (χ2n) is 8.75. The molecule has 0 spiro atoms. The topological polar surface area (TPSA) is 61.8 Å². The van der Waals surface area contributed by atoms with Crippen LogP contribution in [0.4, 0.5) is 0 Å². The molecule has 0 N–H and O–H groups in total. The molecule has 5 nitrogen and oxygen atoms in total. The van der Waals surface area contributed by atoms with Crippen LogP contribution in [-0.2, 0) is 9.53 Å². The van der Waals surface area contributed by atoms with Gasteiger partial charge in [0.15, 0.2) is 23.9 Å². The van der Waals surface area contributed by atoms with Crippen LogP contribution in [0.15, 0.2) is 18.2 Å². The van der Waals surface area contributed by atoms with E-state index in [4.69, 9.17) is 14.2 Å². The normalized spacial score (nSPS) is 35.7. The first kappa shape index (κ1) is 17.5. The highest BCUT2D eigenvalue weighted by Crippen LogP contribution is 2.64. The third-order valence-corrected chi connectivity index (χ3v) is 7.55. The van der Waals surface area contributed by atoms with Gasteiger partial charge in [0.2, 0.25) is 0 Å². The van der Waals surface area contributed by atoms with Crippen molar-refractivity contribution < 1.29 is 23.8 Å². The molecule has 5 aliphatic rings. The fraction of sp³-hybridized carbons (Fsp3) is 0.619. The third kappa shape index (κ3) is 3.06. The fourth-order valence-electron chi connectivity index (χ4n) is 5.97. The molecule has 0 amide bonds. The van der Waals surface area contributed by atoms with E-state index in [1.807, 2.05) is 0 Å². The number of carbonyl (C=O) groups is 2. The van der Waals surface area contributed by atoms with E-state index < -0.39 is 5.41 Å². The van der Waals surface area contributed by atoms with Gasteiger partial charge in [-0.05, 0) is 68.6 Å². The van der Waals surface area contributed by atoms with Crippen molar-refractivity contribution in [3.8, 4) is 11.5 Å². The molecule has 6 rings (SSSR count). The Hall–Kier alpha value is -1.56. The van der Waals surface area contributed by atoms with Gasteiger partial charge in [-0.2, -0.15) is 0 Å². The molecule has 0 saturated heterocycles. The summed E-state index contributed by atoms with van der Waals surface area (Å²) in [5.41, 5.74) is 0.0789. The summed E-state index contributed by atoms with van der Waals surface area (Å²) in [6.45, 7) is 0.765. The summed E-state index contributed by atoms with van der Waals surface area (Å²) in [5, 5.41) is 0. The number of carbonyl (C=O) groups excluding carboxylic acids is 2. The zero-order valence-electron chi connectivity index (χ0n) is 15.2. The zero-order valence-corrected chi connectivity index (χ0v) is 16.8. The molecule has 4 saturated carbocycles. The summed E-state index contributed by atoms with van der Waals surface area (Å²) in [4.78, 5) is 25.5. The van der Waals surface area contributed by atoms with Crippen LogP contribution in [0.3, 0.4) is 0 Å². The first-order valence-electron chi connectivity index (χ1n) is 9.74. The fourth-order valence-corrected chi connectivity index (χ4v) is 7.43. The lowest BCUT2D eigenvalue weighted by Crippen LogP contribution is -2.56. The molecule has 2 unspecified atom stereocenters. The van der Waals surface area contributed by atoms with E-state index >= 15 is 0 Å². The number of Topliss-reactive ketones (excluding diaryl/α,β-unsaturated/α-hetero) is 1. The average molecular weight is 435 g/mol. The van der Waals surface area contributed by atoms with Crippen LogP contribution in [0.25, 0.3) is 0 Å². The summed E-state index contributed by atoms with van der Waals surface area (Å²) in [5.74, 6) is 2.02. The minimum atomic E-state index is -0.402. The number of ether oxygens (including phenoxy) is 3.